The highest BCUT2D eigenvalue weighted by Gasteiger charge is 2.33. The Morgan fingerprint density at radius 3 is 2.37 bits per heavy atom. The zero-order valence-electron chi connectivity index (χ0n) is 20.8. The second-order valence-electron chi connectivity index (χ2n) is 8.49. The molecule has 0 spiro atoms. The maximum atomic E-state index is 12.7. The van der Waals surface area contributed by atoms with Crippen LogP contribution < -0.4 is 0 Å². The number of rotatable bonds is 6. The Labute approximate surface area is 210 Å². The lowest BCUT2D eigenvalue weighted by molar-refractivity contribution is -0.138. The highest BCUT2D eigenvalue weighted by Crippen LogP contribution is 2.41. The van der Waals surface area contributed by atoms with Crippen molar-refractivity contribution in [2.75, 3.05) is 6.61 Å². The van der Waals surface area contributed by atoms with Gasteiger partial charge in [0.2, 0.25) is 0 Å². The first-order valence-electron chi connectivity index (χ1n) is 11.8. The molecule has 0 atom stereocenters. The van der Waals surface area contributed by atoms with Crippen LogP contribution in [-0.4, -0.2) is 27.3 Å². The molecule has 35 heavy (non-hydrogen) atoms. The third-order valence-corrected chi connectivity index (χ3v) is 7.01. The summed E-state index contributed by atoms with van der Waals surface area (Å²) in [5.74, 6) is -0.676. The van der Waals surface area contributed by atoms with E-state index in [4.69, 9.17) is 4.74 Å². The van der Waals surface area contributed by atoms with E-state index in [1.54, 1.807) is 6.92 Å². The number of aliphatic imine (C=N–C) groups is 1. The number of aryl methyl sites for hydroxylation is 3. The Bertz CT molecular complexity index is 1340. The maximum Gasteiger partial charge on any atom is 0.344 e. The minimum absolute atomic E-state index is 0.101. The molecule has 6 heteroatoms. The van der Waals surface area contributed by atoms with Gasteiger partial charge < -0.3 is 14.4 Å². The molecule has 0 saturated heterocycles. The molecule has 0 saturated carbocycles. The van der Waals surface area contributed by atoms with Crippen molar-refractivity contribution < 1.29 is 14.6 Å². The number of hydrogen-bond donors (Lipinski definition) is 1. The number of thioether (sulfide) groups is 1. The van der Waals surface area contributed by atoms with Gasteiger partial charge >= 0.3 is 5.97 Å². The highest BCUT2D eigenvalue weighted by atomic mass is 32.2. The summed E-state index contributed by atoms with van der Waals surface area (Å²) in [5, 5.41) is 11.5. The van der Waals surface area contributed by atoms with Crippen LogP contribution in [0.25, 0.3) is 11.8 Å². The normalized spacial score (nSPS) is 15.9. The number of carbonyl (C=O) groups is 1. The van der Waals surface area contributed by atoms with Crippen LogP contribution in [0.5, 0.6) is 0 Å². The Hall–Kier alpha value is -3.51. The van der Waals surface area contributed by atoms with Gasteiger partial charge in [0.05, 0.1) is 17.2 Å². The quantitative estimate of drug-likeness (QED) is 0.376. The van der Waals surface area contributed by atoms with Crippen molar-refractivity contribution in [3.05, 3.63) is 98.9 Å². The first-order chi connectivity index (χ1) is 16.8. The van der Waals surface area contributed by atoms with Crippen LogP contribution >= 0.6 is 11.8 Å². The van der Waals surface area contributed by atoms with Gasteiger partial charge in [0.1, 0.15) is 16.4 Å². The molecule has 0 fully saturated rings. The monoisotopic (exact) mass is 486 g/mol. The van der Waals surface area contributed by atoms with Gasteiger partial charge in [0, 0.05) is 17.1 Å². The molecule has 0 amide bonds. The maximum absolute atomic E-state index is 12.7. The number of aromatic nitrogens is 1. The van der Waals surface area contributed by atoms with E-state index in [9.17, 15) is 9.90 Å². The fourth-order valence-electron chi connectivity index (χ4n) is 4.08. The van der Waals surface area contributed by atoms with Crippen molar-refractivity contribution >= 4 is 34.5 Å². The van der Waals surface area contributed by atoms with Crippen molar-refractivity contribution in [1.29, 1.82) is 0 Å². The second-order valence-corrected chi connectivity index (χ2v) is 9.52. The van der Waals surface area contributed by atoms with Gasteiger partial charge in [-0.3, -0.25) is 0 Å². The zero-order chi connectivity index (χ0) is 25.1. The third-order valence-electron chi connectivity index (χ3n) is 5.99. The molecular weight excluding hydrogens is 456 g/mol. The molecule has 2 heterocycles. The number of aliphatic hydroxyl groups is 1. The zero-order valence-corrected chi connectivity index (χ0v) is 21.6. The van der Waals surface area contributed by atoms with Crippen molar-refractivity contribution in [2.45, 2.75) is 41.0 Å². The van der Waals surface area contributed by atoms with E-state index in [0.717, 1.165) is 34.6 Å². The number of nitrogens with zero attached hydrogens (tertiary/aromatic N) is 2. The van der Waals surface area contributed by atoms with Crippen LogP contribution in [0.3, 0.4) is 0 Å². The van der Waals surface area contributed by atoms with Crippen LogP contribution in [0.15, 0.2) is 75.8 Å². The summed E-state index contributed by atoms with van der Waals surface area (Å²) in [6.07, 6.45) is 2.91. The van der Waals surface area contributed by atoms with Gasteiger partial charge in [-0.15, -0.1) is 0 Å². The van der Waals surface area contributed by atoms with Crippen molar-refractivity contribution in [1.82, 2.24) is 4.57 Å². The molecule has 0 bridgehead atoms. The van der Waals surface area contributed by atoms with Gasteiger partial charge in [0.15, 0.2) is 0 Å². The lowest BCUT2D eigenvalue weighted by Gasteiger charge is -2.10. The summed E-state index contributed by atoms with van der Waals surface area (Å²) in [6.45, 7) is 10.2. The average Bonchev–Trinajstić information content (AvgIpc) is 3.30. The van der Waals surface area contributed by atoms with Gasteiger partial charge in [-0.2, -0.15) is 0 Å². The first kappa shape index (κ1) is 24.6. The van der Waals surface area contributed by atoms with Gasteiger partial charge in [0.25, 0.3) is 0 Å². The third kappa shape index (κ3) is 5.13. The molecular formula is C29H30N2O3S. The topological polar surface area (TPSA) is 63.8 Å². The predicted octanol–water partition coefficient (Wildman–Crippen LogP) is 7.16. The molecule has 4 rings (SSSR count). The molecule has 1 aliphatic rings. The average molecular weight is 487 g/mol. The van der Waals surface area contributed by atoms with Crippen molar-refractivity contribution in [2.24, 2.45) is 4.99 Å². The van der Waals surface area contributed by atoms with E-state index in [1.165, 1.54) is 17.3 Å². The van der Waals surface area contributed by atoms with Gasteiger partial charge in [-0.05, 0) is 81.7 Å². The summed E-state index contributed by atoms with van der Waals surface area (Å²) in [4.78, 5) is 17.9. The van der Waals surface area contributed by atoms with Crippen LogP contribution in [0.4, 0.5) is 5.69 Å². The lowest BCUT2D eigenvalue weighted by Crippen LogP contribution is -2.12. The summed E-state index contributed by atoms with van der Waals surface area (Å²) in [6, 6.07) is 18.3. The Morgan fingerprint density at radius 2 is 1.74 bits per heavy atom. The number of esters is 1. The minimum Gasteiger partial charge on any atom is -0.506 e. The number of ether oxygens (including phenoxy) is 1. The fraction of sp³-hybridized carbons (Fsp3) is 0.241. The first-order valence-corrected chi connectivity index (χ1v) is 12.6. The van der Waals surface area contributed by atoms with Gasteiger partial charge in [-0.1, -0.05) is 48.5 Å². The minimum atomic E-state index is -0.576. The fourth-order valence-corrected chi connectivity index (χ4v) is 5.11. The lowest BCUT2D eigenvalue weighted by atomic mass is 10.1. The molecule has 3 aromatic rings. The van der Waals surface area contributed by atoms with Crippen molar-refractivity contribution in [3.8, 4) is 5.69 Å². The SMILES string of the molecule is CCOC(=O)C1=C(O)C(=Cc2cc(C)n(-c3ccc(CC)cc3)c2C)SC1=Nc1ccc(C)cc1. The molecule has 0 aliphatic carbocycles. The largest absolute Gasteiger partial charge is 0.506 e. The van der Waals surface area contributed by atoms with Crippen LogP contribution in [0.2, 0.25) is 0 Å². The van der Waals surface area contributed by atoms with Crippen LogP contribution in [-0.2, 0) is 16.0 Å². The number of carbonyl (C=O) groups excluding carboxylic acids is 1. The molecule has 5 nitrogen and oxygen atoms in total. The van der Waals surface area contributed by atoms with E-state index in [1.807, 2.05) is 37.3 Å². The molecule has 0 unspecified atom stereocenters. The number of benzene rings is 2. The van der Waals surface area contributed by atoms with E-state index in [-0.39, 0.29) is 17.9 Å². The summed E-state index contributed by atoms with van der Waals surface area (Å²) in [7, 11) is 0. The van der Waals surface area contributed by atoms with E-state index in [0.29, 0.717) is 15.6 Å². The van der Waals surface area contributed by atoms with E-state index < -0.39 is 5.97 Å². The Balaban J connectivity index is 1.75. The number of hydrogen-bond acceptors (Lipinski definition) is 5. The Morgan fingerprint density at radius 1 is 1.06 bits per heavy atom. The Kier molecular flexibility index (Phi) is 7.31. The van der Waals surface area contributed by atoms with E-state index >= 15 is 0 Å². The highest BCUT2D eigenvalue weighted by molar-refractivity contribution is 8.18. The molecule has 180 valence electrons. The summed E-state index contributed by atoms with van der Waals surface area (Å²) < 4.78 is 7.42. The molecule has 1 aromatic heterocycles. The summed E-state index contributed by atoms with van der Waals surface area (Å²) in [5.41, 5.74) is 7.43. The van der Waals surface area contributed by atoms with Gasteiger partial charge in [-0.25, -0.2) is 9.79 Å². The summed E-state index contributed by atoms with van der Waals surface area (Å²) >= 11 is 1.28. The second kappa shape index (κ2) is 10.4. The van der Waals surface area contributed by atoms with Crippen molar-refractivity contribution in [3.63, 3.8) is 0 Å². The van der Waals surface area contributed by atoms with Crippen LogP contribution in [0, 0.1) is 20.8 Å². The molecule has 2 aromatic carbocycles. The molecule has 1 N–H and O–H groups in total. The molecule has 1 aliphatic heterocycles. The number of aliphatic hydroxyl groups excluding tert-OH is 1. The smallest absolute Gasteiger partial charge is 0.344 e. The molecule has 0 radical (unpaired) electrons. The van der Waals surface area contributed by atoms with E-state index in [2.05, 4.69) is 60.7 Å². The standard InChI is InChI=1S/C29H30N2O3S/c1-6-21-10-14-24(15-11-21)31-19(4)16-22(20(31)5)17-25-27(32)26(29(33)34-7-2)28(35-25)30-23-12-8-18(3)9-13-23/h8-17,32H,6-7H2,1-5H3. The van der Waals surface area contributed by atoms with Crippen LogP contribution in [0.1, 0.15) is 41.9 Å². The predicted molar refractivity (Wildman–Crippen MR) is 145 cm³/mol.